The Balaban J connectivity index is 1.56. The van der Waals surface area contributed by atoms with E-state index in [2.05, 4.69) is 20.9 Å². The molecule has 0 unspecified atom stereocenters. The van der Waals surface area contributed by atoms with Gasteiger partial charge in [-0.2, -0.15) is 5.10 Å². The van der Waals surface area contributed by atoms with Crippen LogP contribution in [-0.4, -0.2) is 26.6 Å². The summed E-state index contributed by atoms with van der Waals surface area (Å²) >= 11 is 1.24. The number of thiazole rings is 1. The number of rotatable bonds is 4. The highest BCUT2D eigenvalue weighted by molar-refractivity contribution is 7.17. The van der Waals surface area contributed by atoms with Gasteiger partial charge in [-0.25, -0.2) is 9.67 Å². The van der Waals surface area contributed by atoms with Crippen molar-refractivity contribution < 1.29 is 9.59 Å². The molecule has 0 bridgehead atoms. The van der Waals surface area contributed by atoms with Gasteiger partial charge in [-0.05, 0) is 19.9 Å². The van der Waals surface area contributed by atoms with E-state index in [9.17, 15) is 14.4 Å². The van der Waals surface area contributed by atoms with Gasteiger partial charge in [0.25, 0.3) is 17.4 Å². The summed E-state index contributed by atoms with van der Waals surface area (Å²) in [4.78, 5) is 42.7. The molecule has 156 valence electrons. The molecule has 0 aliphatic rings. The van der Waals surface area contributed by atoms with E-state index < -0.39 is 11.8 Å². The number of carbonyl (C=O) groups is 2. The lowest BCUT2D eigenvalue weighted by atomic mass is 10.1. The molecule has 2 heterocycles. The average Bonchev–Trinajstić information content (AvgIpc) is 3.20. The van der Waals surface area contributed by atoms with Crippen LogP contribution in [0.5, 0.6) is 0 Å². The van der Waals surface area contributed by atoms with Crippen molar-refractivity contribution in [2.75, 3.05) is 0 Å². The zero-order valence-electron chi connectivity index (χ0n) is 16.9. The van der Waals surface area contributed by atoms with Crippen LogP contribution >= 0.6 is 11.3 Å². The number of aryl methyl sites for hydroxylation is 2. The van der Waals surface area contributed by atoms with Gasteiger partial charge in [-0.1, -0.05) is 48.5 Å². The number of benzene rings is 2. The van der Waals surface area contributed by atoms with Gasteiger partial charge in [0.1, 0.15) is 9.88 Å². The molecule has 31 heavy (non-hydrogen) atoms. The van der Waals surface area contributed by atoms with Crippen LogP contribution in [0.4, 0.5) is 0 Å². The maximum atomic E-state index is 12.8. The predicted molar refractivity (Wildman–Crippen MR) is 119 cm³/mol. The van der Waals surface area contributed by atoms with E-state index in [1.54, 1.807) is 38.1 Å². The third-order valence-electron chi connectivity index (χ3n) is 4.70. The normalized spacial score (nSPS) is 10.8. The number of aromatic nitrogens is 3. The molecule has 0 atom stereocenters. The number of hydrogen-bond donors (Lipinski definition) is 2. The molecule has 2 aromatic heterocycles. The zero-order valence-corrected chi connectivity index (χ0v) is 17.7. The smallest absolute Gasteiger partial charge is 0.267 e. The van der Waals surface area contributed by atoms with Crippen molar-refractivity contribution in [2.24, 2.45) is 0 Å². The van der Waals surface area contributed by atoms with Gasteiger partial charge >= 0.3 is 0 Å². The van der Waals surface area contributed by atoms with Crippen molar-refractivity contribution in [1.29, 1.82) is 0 Å². The molecule has 0 aliphatic heterocycles. The van der Waals surface area contributed by atoms with Gasteiger partial charge in [0.05, 0.1) is 11.1 Å². The second kappa shape index (κ2) is 8.49. The SMILES string of the molecule is CCn1nc(C(=O)NNC(=O)c2sc(-c3ccccc3)nc2C)c2ccccc2c1=O. The first kappa shape index (κ1) is 20.4. The highest BCUT2D eigenvalue weighted by Gasteiger charge is 2.19. The summed E-state index contributed by atoms with van der Waals surface area (Å²) in [5.74, 6) is -1.09. The fraction of sp³-hybridized carbons (Fsp3) is 0.136. The predicted octanol–water partition coefficient (Wildman–Crippen LogP) is 2.92. The van der Waals surface area contributed by atoms with E-state index in [0.717, 1.165) is 10.6 Å². The van der Waals surface area contributed by atoms with Gasteiger partial charge < -0.3 is 0 Å². The monoisotopic (exact) mass is 433 g/mol. The highest BCUT2D eigenvalue weighted by Crippen LogP contribution is 2.27. The maximum absolute atomic E-state index is 12.8. The van der Waals surface area contributed by atoms with E-state index in [4.69, 9.17) is 0 Å². The van der Waals surface area contributed by atoms with Gasteiger partial charge in [0.15, 0.2) is 5.69 Å². The number of nitrogens with one attached hydrogen (secondary N) is 2. The Kier molecular flexibility index (Phi) is 5.59. The van der Waals surface area contributed by atoms with Crippen LogP contribution in [0.15, 0.2) is 59.4 Å². The minimum atomic E-state index is -0.614. The zero-order chi connectivity index (χ0) is 22.0. The first-order valence-corrected chi connectivity index (χ1v) is 10.4. The van der Waals surface area contributed by atoms with E-state index >= 15 is 0 Å². The molecule has 9 heteroatoms. The maximum Gasteiger partial charge on any atom is 0.290 e. The van der Waals surface area contributed by atoms with Crippen LogP contribution in [0.1, 0.15) is 32.8 Å². The number of hydrogen-bond acceptors (Lipinski definition) is 6. The van der Waals surface area contributed by atoms with Crippen molar-refractivity contribution in [3.8, 4) is 10.6 Å². The molecule has 0 saturated carbocycles. The molecule has 8 nitrogen and oxygen atoms in total. The van der Waals surface area contributed by atoms with Gasteiger partial charge in [0.2, 0.25) is 0 Å². The molecular weight excluding hydrogens is 414 g/mol. The first-order chi connectivity index (χ1) is 15.0. The van der Waals surface area contributed by atoms with Crippen LogP contribution in [0.25, 0.3) is 21.3 Å². The Hall–Kier alpha value is -3.85. The lowest BCUT2D eigenvalue weighted by Gasteiger charge is -2.10. The second-order valence-corrected chi connectivity index (χ2v) is 7.72. The Morgan fingerprint density at radius 3 is 2.32 bits per heavy atom. The molecule has 0 spiro atoms. The minimum absolute atomic E-state index is 0.0587. The van der Waals surface area contributed by atoms with Gasteiger partial charge in [0, 0.05) is 17.5 Å². The van der Waals surface area contributed by atoms with Crippen LogP contribution in [0.2, 0.25) is 0 Å². The second-order valence-electron chi connectivity index (χ2n) is 6.72. The lowest BCUT2D eigenvalue weighted by molar-refractivity contribution is 0.0845. The summed E-state index contributed by atoms with van der Waals surface area (Å²) in [7, 11) is 0. The highest BCUT2D eigenvalue weighted by atomic mass is 32.1. The lowest BCUT2D eigenvalue weighted by Crippen LogP contribution is -2.42. The van der Waals surface area contributed by atoms with Crippen molar-refractivity contribution in [2.45, 2.75) is 20.4 Å². The Morgan fingerprint density at radius 2 is 1.61 bits per heavy atom. The molecule has 0 fully saturated rings. The molecule has 0 saturated heterocycles. The van der Waals surface area contributed by atoms with Gasteiger partial charge in [-0.3, -0.25) is 25.2 Å². The summed E-state index contributed by atoms with van der Waals surface area (Å²) in [6.45, 7) is 3.83. The first-order valence-electron chi connectivity index (χ1n) is 9.63. The fourth-order valence-corrected chi connectivity index (χ4v) is 4.12. The van der Waals surface area contributed by atoms with Crippen LogP contribution in [0.3, 0.4) is 0 Å². The van der Waals surface area contributed by atoms with Crippen molar-refractivity contribution in [1.82, 2.24) is 25.6 Å². The Labute approximate surface area is 181 Å². The van der Waals surface area contributed by atoms with Crippen LogP contribution < -0.4 is 16.4 Å². The molecule has 4 rings (SSSR count). The number of nitrogens with zero attached hydrogens (tertiary/aromatic N) is 3. The van der Waals surface area contributed by atoms with Crippen molar-refractivity contribution in [3.05, 3.63) is 81.2 Å². The summed E-state index contributed by atoms with van der Waals surface area (Å²) < 4.78 is 1.22. The van der Waals surface area contributed by atoms with Crippen LogP contribution in [0, 0.1) is 6.92 Å². The molecule has 4 aromatic rings. The molecule has 2 aromatic carbocycles. The van der Waals surface area contributed by atoms with Crippen LogP contribution in [-0.2, 0) is 6.54 Å². The molecule has 0 aliphatic carbocycles. The minimum Gasteiger partial charge on any atom is -0.267 e. The Morgan fingerprint density at radius 1 is 0.968 bits per heavy atom. The number of hydrazine groups is 1. The van der Waals surface area contributed by atoms with Gasteiger partial charge in [-0.15, -0.1) is 11.3 Å². The topological polar surface area (TPSA) is 106 Å². The van der Waals surface area contributed by atoms with Crippen molar-refractivity contribution in [3.63, 3.8) is 0 Å². The average molecular weight is 433 g/mol. The molecule has 0 radical (unpaired) electrons. The summed E-state index contributed by atoms with van der Waals surface area (Å²) in [6, 6.07) is 16.3. The van der Waals surface area contributed by atoms with E-state index in [-0.39, 0.29) is 11.3 Å². The summed E-state index contributed by atoms with van der Waals surface area (Å²) in [5, 5.41) is 5.69. The Bertz CT molecular complexity index is 1340. The third kappa shape index (κ3) is 3.95. The van der Waals surface area contributed by atoms with E-state index in [1.165, 1.54) is 16.0 Å². The fourth-order valence-electron chi connectivity index (χ4n) is 3.16. The van der Waals surface area contributed by atoms with E-state index in [1.807, 2.05) is 30.3 Å². The standard InChI is InChI=1S/C22H19N5O3S/c1-3-27-22(30)16-12-8-7-11-15(16)17(26-27)19(28)24-25-20(29)18-13(2)23-21(31-18)14-9-5-4-6-10-14/h4-12H,3H2,1-2H3,(H,24,28)(H,25,29). The number of amides is 2. The number of carbonyl (C=O) groups excluding carboxylic acids is 2. The largest absolute Gasteiger partial charge is 0.290 e. The third-order valence-corrected chi connectivity index (χ3v) is 5.90. The molecular formula is C22H19N5O3S. The quantitative estimate of drug-likeness (QED) is 0.482. The number of fused-ring (bicyclic) bond motifs is 1. The van der Waals surface area contributed by atoms with E-state index in [0.29, 0.717) is 27.9 Å². The summed E-state index contributed by atoms with van der Waals surface area (Å²) in [5.41, 5.74) is 6.09. The van der Waals surface area contributed by atoms with Crippen molar-refractivity contribution >= 4 is 33.9 Å². The summed E-state index contributed by atoms with van der Waals surface area (Å²) in [6.07, 6.45) is 0. The molecule has 2 N–H and O–H groups in total. The molecule has 2 amide bonds.